The van der Waals surface area contributed by atoms with Crippen molar-refractivity contribution < 1.29 is 18.7 Å². The van der Waals surface area contributed by atoms with E-state index in [0.717, 1.165) is 0 Å². The molecule has 7 heteroatoms. The van der Waals surface area contributed by atoms with Gasteiger partial charge in [0.05, 0.1) is 13.2 Å². The summed E-state index contributed by atoms with van der Waals surface area (Å²) in [6, 6.07) is 4.98. The number of halogens is 1. The summed E-state index contributed by atoms with van der Waals surface area (Å²) < 4.78 is 18.2. The number of esters is 1. The lowest BCUT2D eigenvalue weighted by Gasteiger charge is -2.38. The van der Waals surface area contributed by atoms with Crippen LogP contribution in [0.15, 0.2) is 18.2 Å². The van der Waals surface area contributed by atoms with Crippen molar-refractivity contribution in [1.29, 1.82) is 5.26 Å². The number of ether oxygens (including phenoxy) is 1. The molecule has 0 aliphatic heterocycles. The Hall–Kier alpha value is -2.36. The zero-order valence-corrected chi connectivity index (χ0v) is 14.3. The normalized spacial score (nSPS) is 12.2. The molecule has 0 aromatic heterocycles. The number of carbonyl (C=O) groups is 2. The van der Waals surface area contributed by atoms with Crippen LogP contribution in [0.4, 0.5) is 4.39 Å². The zero-order valence-electron chi connectivity index (χ0n) is 14.3. The van der Waals surface area contributed by atoms with Gasteiger partial charge in [0.2, 0.25) is 5.91 Å². The number of hydrogen-bond acceptors (Lipinski definition) is 4. The molecule has 1 atom stereocenters. The van der Waals surface area contributed by atoms with E-state index in [4.69, 9.17) is 17.8 Å². The molecule has 1 aromatic rings. The molecular formula is C17H20BFN2O3. The van der Waals surface area contributed by atoms with E-state index in [9.17, 15) is 14.0 Å². The second-order valence-electron chi connectivity index (χ2n) is 6.50. The number of rotatable bonds is 5. The molecule has 0 aliphatic rings. The fourth-order valence-electron chi connectivity index (χ4n) is 2.44. The third-order valence-electron chi connectivity index (χ3n) is 3.52. The molecule has 0 N–H and O–H groups in total. The molecule has 5 nitrogen and oxygen atoms in total. The summed E-state index contributed by atoms with van der Waals surface area (Å²) in [5, 5.41) is 8.83. The molecule has 24 heavy (non-hydrogen) atoms. The van der Waals surface area contributed by atoms with Crippen molar-refractivity contribution >= 4 is 25.2 Å². The Kier molecular flexibility index (Phi) is 6.53. The molecule has 1 aromatic carbocycles. The highest BCUT2D eigenvalue weighted by molar-refractivity contribution is 6.32. The molecule has 2 radical (unpaired) electrons. The number of benzene rings is 1. The first-order valence-electron chi connectivity index (χ1n) is 7.40. The van der Waals surface area contributed by atoms with E-state index < -0.39 is 29.2 Å². The second kappa shape index (κ2) is 7.96. The summed E-state index contributed by atoms with van der Waals surface area (Å²) >= 11 is 0. The first-order chi connectivity index (χ1) is 11.1. The van der Waals surface area contributed by atoms with E-state index in [1.807, 2.05) is 0 Å². The van der Waals surface area contributed by atoms with E-state index in [2.05, 4.69) is 0 Å². The number of methoxy groups -OCH3 is 1. The first kappa shape index (κ1) is 19.7. The minimum absolute atomic E-state index is 0.0159. The molecule has 0 aliphatic carbocycles. The maximum Gasteiger partial charge on any atom is 0.329 e. The lowest BCUT2D eigenvalue weighted by atomic mass is 9.85. The molecule has 0 saturated heterocycles. The highest BCUT2D eigenvalue weighted by atomic mass is 19.1. The van der Waals surface area contributed by atoms with Crippen LogP contribution in [0.5, 0.6) is 0 Å². The van der Waals surface area contributed by atoms with Gasteiger partial charge in [-0.3, -0.25) is 4.79 Å². The van der Waals surface area contributed by atoms with Crippen molar-refractivity contribution in [3.63, 3.8) is 0 Å². The monoisotopic (exact) mass is 330 g/mol. The molecule has 0 saturated carbocycles. The van der Waals surface area contributed by atoms with Gasteiger partial charge in [0.15, 0.2) is 0 Å². The summed E-state index contributed by atoms with van der Waals surface area (Å²) in [7, 11) is 6.80. The van der Waals surface area contributed by atoms with Crippen molar-refractivity contribution in [2.24, 2.45) is 5.41 Å². The number of amides is 1. The molecule has 1 amide bonds. The number of nitrogens with zero attached hydrogens (tertiary/aromatic N) is 2. The maximum absolute atomic E-state index is 13.3. The van der Waals surface area contributed by atoms with Gasteiger partial charge < -0.3 is 9.64 Å². The van der Waals surface area contributed by atoms with E-state index in [1.165, 1.54) is 30.2 Å². The van der Waals surface area contributed by atoms with Gasteiger partial charge in [0.25, 0.3) is 0 Å². The quantitative estimate of drug-likeness (QED) is 0.605. The average Bonchev–Trinajstić information content (AvgIpc) is 2.48. The highest BCUT2D eigenvalue weighted by Crippen LogP contribution is 2.27. The van der Waals surface area contributed by atoms with E-state index >= 15 is 0 Å². The summed E-state index contributed by atoms with van der Waals surface area (Å²) in [6.45, 7) is 5.39. The average molecular weight is 330 g/mol. The topological polar surface area (TPSA) is 70.4 Å². The first-order valence-corrected chi connectivity index (χ1v) is 7.40. The summed E-state index contributed by atoms with van der Waals surface area (Å²) in [6.07, 6.45) is -0.375. The van der Waals surface area contributed by atoms with Crippen LogP contribution in [-0.2, 0) is 20.9 Å². The van der Waals surface area contributed by atoms with Gasteiger partial charge in [-0.15, -0.1) is 0 Å². The Morgan fingerprint density at radius 3 is 2.50 bits per heavy atom. The van der Waals surface area contributed by atoms with Crippen molar-refractivity contribution in [2.75, 3.05) is 7.11 Å². The van der Waals surface area contributed by atoms with Crippen molar-refractivity contribution in [3.05, 3.63) is 29.6 Å². The summed E-state index contributed by atoms with van der Waals surface area (Å²) in [5.74, 6) is -1.65. The molecule has 126 valence electrons. The predicted octanol–water partition coefficient (Wildman–Crippen LogP) is 1.45. The Morgan fingerprint density at radius 2 is 2.04 bits per heavy atom. The summed E-state index contributed by atoms with van der Waals surface area (Å²) in [4.78, 5) is 25.9. The Balaban J connectivity index is 3.28. The van der Waals surface area contributed by atoms with Crippen LogP contribution in [-0.4, -0.2) is 37.8 Å². The largest absolute Gasteiger partial charge is 0.467 e. The van der Waals surface area contributed by atoms with Crippen LogP contribution in [0.25, 0.3) is 0 Å². The minimum Gasteiger partial charge on any atom is -0.467 e. The smallest absolute Gasteiger partial charge is 0.329 e. The van der Waals surface area contributed by atoms with Crippen molar-refractivity contribution in [3.8, 4) is 6.07 Å². The predicted molar refractivity (Wildman–Crippen MR) is 87.8 cm³/mol. The van der Waals surface area contributed by atoms with Gasteiger partial charge in [0.1, 0.15) is 26.1 Å². The van der Waals surface area contributed by atoms with E-state index in [-0.39, 0.29) is 18.4 Å². The number of hydrogen-bond donors (Lipinski definition) is 0. The van der Waals surface area contributed by atoms with Crippen molar-refractivity contribution in [2.45, 2.75) is 39.8 Å². The molecule has 0 heterocycles. The summed E-state index contributed by atoms with van der Waals surface area (Å²) in [5.41, 5.74) is -0.118. The lowest BCUT2D eigenvalue weighted by molar-refractivity contribution is -0.158. The number of nitriles is 1. The molecule has 0 spiro atoms. The van der Waals surface area contributed by atoms with Gasteiger partial charge in [-0.2, -0.15) is 5.26 Å². The van der Waals surface area contributed by atoms with Crippen LogP contribution >= 0.6 is 0 Å². The molecular weight excluding hydrogens is 310 g/mol. The number of carbonyl (C=O) groups excluding carboxylic acids is 2. The van der Waals surface area contributed by atoms with Crippen molar-refractivity contribution in [1.82, 2.24) is 4.90 Å². The van der Waals surface area contributed by atoms with Gasteiger partial charge >= 0.3 is 5.97 Å². The minimum atomic E-state index is -0.894. The fraction of sp³-hybridized carbons (Fsp3) is 0.471. The Bertz CT molecular complexity index is 665. The van der Waals surface area contributed by atoms with Crippen LogP contribution in [0.1, 0.15) is 32.8 Å². The van der Waals surface area contributed by atoms with Gasteiger partial charge in [-0.1, -0.05) is 38.4 Å². The lowest BCUT2D eigenvalue weighted by Crippen LogP contribution is -2.52. The molecule has 0 unspecified atom stereocenters. The van der Waals surface area contributed by atoms with Gasteiger partial charge in [0, 0.05) is 6.54 Å². The maximum atomic E-state index is 13.3. The van der Waals surface area contributed by atoms with E-state index in [0.29, 0.717) is 5.56 Å². The molecule has 1 rings (SSSR count). The fourth-order valence-corrected chi connectivity index (χ4v) is 2.44. The van der Waals surface area contributed by atoms with Crippen LogP contribution in [0.3, 0.4) is 0 Å². The molecule has 0 bridgehead atoms. The van der Waals surface area contributed by atoms with Gasteiger partial charge in [-0.25, -0.2) is 9.18 Å². The highest BCUT2D eigenvalue weighted by Gasteiger charge is 2.39. The zero-order chi connectivity index (χ0) is 18.5. The standard InChI is InChI=1S/C17H20BFN2O3/c1-17(2,3)15(16(23)24-4)21(14(22)7-8-20)10-11-5-6-13(19)12(18)9-11/h5-6,9,15H,7,10H2,1-4H3/t15-/m1/s1. The SMILES string of the molecule is [B]c1cc(CN(C(=O)CC#N)[C@H](C(=O)OC)C(C)(C)C)ccc1F. The van der Waals surface area contributed by atoms with E-state index in [1.54, 1.807) is 26.8 Å². The Labute approximate surface area is 142 Å². The third-order valence-corrected chi connectivity index (χ3v) is 3.52. The Morgan fingerprint density at radius 1 is 1.42 bits per heavy atom. The third kappa shape index (κ3) is 4.82. The van der Waals surface area contributed by atoms with Crippen LogP contribution < -0.4 is 5.46 Å². The molecule has 0 fully saturated rings. The van der Waals surface area contributed by atoms with Crippen LogP contribution in [0.2, 0.25) is 0 Å². The van der Waals surface area contributed by atoms with Crippen LogP contribution in [0, 0.1) is 22.6 Å². The van der Waals surface area contributed by atoms with Gasteiger partial charge in [-0.05, 0) is 17.0 Å². The second-order valence-corrected chi connectivity index (χ2v) is 6.50.